The van der Waals surface area contributed by atoms with Crippen LogP contribution in [0.5, 0.6) is 0 Å². The molecule has 0 spiro atoms. The lowest BCUT2D eigenvalue weighted by Crippen LogP contribution is -2.24. The Labute approximate surface area is 93.3 Å². The molecule has 0 aliphatic heterocycles. The number of nitrogens with two attached hydrogens (primary N) is 1. The summed E-state index contributed by atoms with van der Waals surface area (Å²) < 4.78 is 0. The third kappa shape index (κ3) is 3.91. The van der Waals surface area contributed by atoms with Crippen LogP contribution in [0.2, 0.25) is 0 Å². The fourth-order valence-electron chi connectivity index (χ4n) is 1.10. The van der Waals surface area contributed by atoms with E-state index in [0.717, 1.165) is 5.56 Å². The van der Waals surface area contributed by atoms with E-state index >= 15 is 0 Å². The van der Waals surface area contributed by atoms with Crippen molar-refractivity contribution in [2.45, 2.75) is 13.3 Å². The Morgan fingerprint density at radius 3 is 2.56 bits per heavy atom. The normalized spacial score (nSPS) is 10.3. The number of hydrazone groups is 1. The lowest BCUT2D eigenvalue weighted by Gasteiger charge is -1.98. The Kier molecular flexibility index (Phi) is 4.20. The molecule has 5 nitrogen and oxygen atoms in total. The first-order valence-electron chi connectivity index (χ1n) is 4.76. The average Bonchev–Trinajstić information content (AvgIpc) is 2.25. The molecule has 0 aliphatic rings. The van der Waals surface area contributed by atoms with Crippen molar-refractivity contribution in [2.75, 3.05) is 0 Å². The zero-order valence-electron chi connectivity index (χ0n) is 8.93. The van der Waals surface area contributed by atoms with Gasteiger partial charge >= 0.3 is 6.03 Å². The summed E-state index contributed by atoms with van der Waals surface area (Å²) in [7, 11) is 0. The molecule has 0 aliphatic carbocycles. The molecule has 0 radical (unpaired) electrons. The highest BCUT2D eigenvalue weighted by molar-refractivity contribution is 6.03. The average molecular weight is 219 g/mol. The van der Waals surface area contributed by atoms with Gasteiger partial charge in [-0.3, -0.25) is 4.79 Å². The van der Waals surface area contributed by atoms with Crippen molar-refractivity contribution in [3.05, 3.63) is 35.4 Å². The van der Waals surface area contributed by atoms with Gasteiger partial charge in [0.05, 0.1) is 0 Å². The second-order valence-electron chi connectivity index (χ2n) is 3.28. The van der Waals surface area contributed by atoms with Crippen LogP contribution in [0.25, 0.3) is 0 Å². The van der Waals surface area contributed by atoms with Gasteiger partial charge in [0, 0.05) is 18.2 Å². The molecule has 0 aromatic heterocycles. The molecule has 3 N–H and O–H groups in total. The van der Waals surface area contributed by atoms with Crippen molar-refractivity contribution >= 4 is 18.0 Å². The van der Waals surface area contributed by atoms with Crippen LogP contribution >= 0.6 is 0 Å². The van der Waals surface area contributed by atoms with Gasteiger partial charge in [-0.05, 0) is 6.92 Å². The number of benzene rings is 1. The summed E-state index contributed by atoms with van der Waals surface area (Å²) in [5.74, 6) is -0.0602. The lowest BCUT2D eigenvalue weighted by molar-refractivity contribution is 0.100. The molecule has 16 heavy (non-hydrogen) atoms. The molecule has 84 valence electrons. The van der Waals surface area contributed by atoms with Gasteiger partial charge in [-0.2, -0.15) is 5.10 Å². The molecule has 0 bridgehead atoms. The van der Waals surface area contributed by atoms with E-state index in [9.17, 15) is 9.59 Å². The Bertz CT molecular complexity index is 410. The van der Waals surface area contributed by atoms with E-state index in [1.807, 2.05) is 24.5 Å². The predicted octanol–water partition coefficient (Wildman–Crippen LogP) is 1.22. The highest BCUT2D eigenvalue weighted by Gasteiger charge is 2.02. The van der Waals surface area contributed by atoms with Crippen molar-refractivity contribution < 1.29 is 9.59 Å². The van der Waals surface area contributed by atoms with Crippen LogP contribution in [0.1, 0.15) is 22.3 Å². The Balaban J connectivity index is 2.50. The van der Waals surface area contributed by atoms with Crippen LogP contribution in [0.15, 0.2) is 29.4 Å². The number of nitrogens with zero attached hydrogens (tertiary/aromatic N) is 1. The standard InChI is InChI=1S/C11H13N3O2/c1-8-2-4-9(5-3-8)10(15)6-7-13-14-11(12)16/h2-5,7H,6H2,1H3,(H3,12,14,16). The number of ketones is 1. The molecule has 2 amide bonds. The molecule has 5 heteroatoms. The number of Topliss-reactive ketones (excluding diaryl/α,β-unsaturated/α-hetero) is 1. The SMILES string of the molecule is Cc1ccc(C(=O)CC=NNC(N)=O)cc1. The number of hydrogen-bond acceptors (Lipinski definition) is 3. The highest BCUT2D eigenvalue weighted by Crippen LogP contribution is 2.05. The number of hydrogen-bond donors (Lipinski definition) is 2. The summed E-state index contributed by atoms with van der Waals surface area (Å²) in [5, 5.41) is 3.48. The second-order valence-corrected chi connectivity index (χ2v) is 3.28. The monoisotopic (exact) mass is 219 g/mol. The second kappa shape index (κ2) is 5.65. The van der Waals surface area contributed by atoms with Crippen molar-refractivity contribution in [1.29, 1.82) is 0 Å². The van der Waals surface area contributed by atoms with E-state index in [1.165, 1.54) is 6.21 Å². The van der Waals surface area contributed by atoms with Crippen LogP contribution < -0.4 is 11.2 Å². The van der Waals surface area contributed by atoms with Crippen molar-refractivity contribution in [3.63, 3.8) is 0 Å². The molecule has 1 aromatic carbocycles. The Morgan fingerprint density at radius 1 is 1.38 bits per heavy atom. The first-order valence-corrected chi connectivity index (χ1v) is 4.76. The number of aryl methyl sites for hydroxylation is 1. The van der Waals surface area contributed by atoms with Crippen LogP contribution in [0.3, 0.4) is 0 Å². The number of primary amides is 1. The number of carbonyl (C=O) groups is 2. The van der Waals surface area contributed by atoms with E-state index in [4.69, 9.17) is 5.73 Å². The molecule has 1 aromatic rings. The van der Waals surface area contributed by atoms with Gasteiger partial charge in [-0.25, -0.2) is 10.2 Å². The van der Waals surface area contributed by atoms with Gasteiger partial charge in [-0.1, -0.05) is 29.8 Å². The van der Waals surface area contributed by atoms with Crippen LogP contribution in [-0.4, -0.2) is 18.0 Å². The number of amides is 2. The highest BCUT2D eigenvalue weighted by atomic mass is 16.2. The maximum atomic E-state index is 11.6. The Hall–Kier alpha value is -2.17. The molecule has 0 fully saturated rings. The van der Waals surface area contributed by atoms with E-state index in [2.05, 4.69) is 5.10 Å². The fraction of sp³-hybridized carbons (Fsp3) is 0.182. The lowest BCUT2D eigenvalue weighted by atomic mass is 10.1. The molecule has 0 saturated heterocycles. The number of carbonyl (C=O) groups excluding carboxylic acids is 2. The molecular formula is C11H13N3O2. The number of rotatable bonds is 4. The van der Waals surface area contributed by atoms with Crippen molar-refractivity contribution in [2.24, 2.45) is 10.8 Å². The number of nitrogens with one attached hydrogen (secondary N) is 1. The minimum Gasteiger partial charge on any atom is -0.350 e. The smallest absolute Gasteiger partial charge is 0.332 e. The van der Waals surface area contributed by atoms with Gasteiger partial charge in [0.15, 0.2) is 5.78 Å². The van der Waals surface area contributed by atoms with Gasteiger partial charge in [0.25, 0.3) is 0 Å². The Morgan fingerprint density at radius 2 is 2.00 bits per heavy atom. The molecule has 0 saturated carbocycles. The zero-order chi connectivity index (χ0) is 12.0. The third-order valence-corrected chi connectivity index (χ3v) is 1.92. The van der Waals surface area contributed by atoms with Gasteiger partial charge in [0.2, 0.25) is 0 Å². The van der Waals surface area contributed by atoms with Crippen LogP contribution in [0.4, 0.5) is 4.79 Å². The first kappa shape index (κ1) is 11.9. The van der Waals surface area contributed by atoms with E-state index in [-0.39, 0.29) is 12.2 Å². The summed E-state index contributed by atoms with van der Waals surface area (Å²) in [6.45, 7) is 1.95. The quantitative estimate of drug-likeness (QED) is 0.453. The van der Waals surface area contributed by atoms with Crippen LogP contribution in [0, 0.1) is 6.92 Å². The number of urea groups is 1. The summed E-state index contributed by atoms with van der Waals surface area (Å²) in [6.07, 6.45) is 1.44. The van der Waals surface area contributed by atoms with E-state index < -0.39 is 6.03 Å². The molecule has 0 heterocycles. The molecular weight excluding hydrogens is 206 g/mol. The molecule has 0 unspecified atom stereocenters. The third-order valence-electron chi connectivity index (χ3n) is 1.92. The van der Waals surface area contributed by atoms with Crippen molar-refractivity contribution in [1.82, 2.24) is 5.43 Å². The summed E-state index contributed by atoms with van der Waals surface area (Å²) in [5.41, 5.74) is 8.53. The van der Waals surface area contributed by atoms with E-state index in [0.29, 0.717) is 5.56 Å². The topological polar surface area (TPSA) is 84.6 Å². The molecule has 0 atom stereocenters. The predicted molar refractivity (Wildman–Crippen MR) is 61.3 cm³/mol. The minimum absolute atomic E-state index is 0.0602. The van der Waals surface area contributed by atoms with E-state index in [1.54, 1.807) is 12.1 Å². The summed E-state index contributed by atoms with van der Waals surface area (Å²) >= 11 is 0. The largest absolute Gasteiger partial charge is 0.350 e. The zero-order valence-corrected chi connectivity index (χ0v) is 8.93. The maximum Gasteiger partial charge on any atom is 0.332 e. The van der Waals surface area contributed by atoms with Gasteiger partial charge in [0.1, 0.15) is 0 Å². The van der Waals surface area contributed by atoms with Crippen LogP contribution in [-0.2, 0) is 0 Å². The van der Waals surface area contributed by atoms with Gasteiger partial charge in [-0.15, -0.1) is 0 Å². The van der Waals surface area contributed by atoms with Gasteiger partial charge < -0.3 is 5.73 Å². The minimum atomic E-state index is -0.751. The molecule has 1 rings (SSSR count). The summed E-state index contributed by atoms with van der Waals surface area (Å²) in [4.78, 5) is 21.8. The summed E-state index contributed by atoms with van der Waals surface area (Å²) in [6, 6.07) is 6.50. The first-order chi connectivity index (χ1) is 7.59. The van der Waals surface area contributed by atoms with Crippen molar-refractivity contribution in [3.8, 4) is 0 Å². The fourth-order valence-corrected chi connectivity index (χ4v) is 1.10. The maximum absolute atomic E-state index is 11.6.